The molecule has 0 unspecified atom stereocenters. The first kappa shape index (κ1) is 13.8. The monoisotopic (exact) mass is 279 g/mol. The van der Waals surface area contributed by atoms with Crippen molar-refractivity contribution in [3.63, 3.8) is 0 Å². The maximum absolute atomic E-state index is 12.2. The topological polar surface area (TPSA) is 74.8 Å². The third kappa shape index (κ3) is 3.42. The average molecular weight is 279 g/mol. The van der Waals surface area contributed by atoms with Gasteiger partial charge in [0.05, 0.1) is 11.2 Å². The standard InChI is InChI=1S/C13H17N3O2S/c1-10-3-4-13(11(2)7-10)19(17,18)16-6-5-12-8-14-9-15-12/h3-4,7-9,16H,5-6H2,1-2H3,(H,14,15). The van der Waals surface area contributed by atoms with Crippen molar-refractivity contribution in [1.29, 1.82) is 0 Å². The lowest BCUT2D eigenvalue weighted by atomic mass is 10.2. The SMILES string of the molecule is Cc1ccc(S(=O)(=O)NCCc2cnc[nH]2)c(C)c1. The van der Waals surface area contributed by atoms with Crippen LogP contribution >= 0.6 is 0 Å². The summed E-state index contributed by atoms with van der Waals surface area (Å²) in [5, 5.41) is 0. The summed E-state index contributed by atoms with van der Waals surface area (Å²) in [6.07, 6.45) is 3.85. The lowest BCUT2D eigenvalue weighted by molar-refractivity contribution is 0.580. The summed E-state index contributed by atoms with van der Waals surface area (Å²) in [4.78, 5) is 7.16. The van der Waals surface area contributed by atoms with Crippen LogP contribution in [0.5, 0.6) is 0 Å². The van der Waals surface area contributed by atoms with E-state index in [2.05, 4.69) is 14.7 Å². The molecule has 2 rings (SSSR count). The van der Waals surface area contributed by atoms with Gasteiger partial charge in [0.1, 0.15) is 0 Å². The molecule has 5 nitrogen and oxygen atoms in total. The van der Waals surface area contributed by atoms with E-state index in [1.54, 1.807) is 31.6 Å². The van der Waals surface area contributed by atoms with Gasteiger partial charge < -0.3 is 4.98 Å². The summed E-state index contributed by atoms with van der Waals surface area (Å²) in [6, 6.07) is 5.31. The van der Waals surface area contributed by atoms with Gasteiger partial charge in [0.15, 0.2) is 0 Å². The van der Waals surface area contributed by atoms with Gasteiger partial charge in [-0.25, -0.2) is 18.1 Å². The summed E-state index contributed by atoms with van der Waals surface area (Å²) in [7, 11) is -3.45. The zero-order valence-electron chi connectivity index (χ0n) is 11.0. The van der Waals surface area contributed by atoms with Crippen LogP contribution in [0.2, 0.25) is 0 Å². The number of aryl methyl sites for hydroxylation is 2. The zero-order chi connectivity index (χ0) is 13.9. The molecule has 0 spiro atoms. The number of benzene rings is 1. The van der Waals surface area contributed by atoms with Crippen molar-refractivity contribution in [3.05, 3.63) is 47.5 Å². The quantitative estimate of drug-likeness (QED) is 0.872. The molecular weight excluding hydrogens is 262 g/mol. The minimum atomic E-state index is -3.45. The van der Waals surface area contributed by atoms with Crippen LogP contribution in [-0.2, 0) is 16.4 Å². The predicted molar refractivity (Wildman–Crippen MR) is 73.4 cm³/mol. The first-order valence-electron chi connectivity index (χ1n) is 6.03. The van der Waals surface area contributed by atoms with E-state index in [1.807, 2.05) is 13.0 Å². The molecule has 1 heterocycles. The van der Waals surface area contributed by atoms with Gasteiger partial charge in [-0.15, -0.1) is 0 Å². The fraction of sp³-hybridized carbons (Fsp3) is 0.308. The minimum Gasteiger partial charge on any atom is -0.348 e. The second kappa shape index (κ2) is 5.54. The Morgan fingerprint density at radius 1 is 1.32 bits per heavy atom. The Balaban J connectivity index is 2.05. The number of imidazole rings is 1. The minimum absolute atomic E-state index is 0.336. The molecule has 0 radical (unpaired) electrons. The number of nitrogens with zero attached hydrogens (tertiary/aromatic N) is 1. The van der Waals surface area contributed by atoms with Crippen LogP contribution in [0.4, 0.5) is 0 Å². The lowest BCUT2D eigenvalue weighted by Crippen LogP contribution is -2.26. The van der Waals surface area contributed by atoms with E-state index in [1.165, 1.54) is 0 Å². The van der Waals surface area contributed by atoms with Crippen molar-refractivity contribution in [2.75, 3.05) is 6.54 Å². The van der Waals surface area contributed by atoms with Gasteiger partial charge >= 0.3 is 0 Å². The van der Waals surface area contributed by atoms with Gasteiger partial charge in [-0.3, -0.25) is 0 Å². The summed E-state index contributed by atoms with van der Waals surface area (Å²) in [5.41, 5.74) is 2.71. The highest BCUT2D eigenvalue weighted by molar-refractivity contribution is 7.89. The van der Waals surface area contributed by atoms with Crippen LogP contribution < -0.4 is 4.72 Å². The number of aromatic nitrogens is 2. The molecule has 0 aliphatic rings. The fourth-order valence-electron chi connectivity index (χ4n) is 1.92. The first-order chi connectivity index (χ1) is 8.99. The number of hydrogen-bond acceptors (Lipinski definition) is 3. The second-order valence-electron chi connectivity index (χ2n) is 4.49. The summed E-state index contributed by atoms with van der Waals surface area (Å²) in [6.45, 7) is 4.09. The molecule has 0 amide bonds. The number of H-pyrrole nitrogens is 1. The maximum Gasteiger partial charge on any atom is 0.240 e. The van der Waals surface area contributed by atoms with Crippen LogP contribution in [0.3, 0.4) is 0 Å². The van der Waals surface area contributed by atoms with Gasteiger partial charge in [-0.1, -0.05) is 17.7 Å². The van der Waals surface area contributed by atoms with Crippen molar-refractivity contribution in [2.45, 2.75) is 25.2 Å². The number of aromatic amines is 1. The van der Waals surface area contributed by atoms with Gasteiger partial charge in [0, 0.05) is 24.9 Å². The van der Waals surface area contributed by atoms with Crippen molar-refractivity contribution >= 4 is 10.0 Å². The molecule has 6 heteroatoms. The Labute approximate surface area is 113 Å². The Morgan fingerprint density at radius 2 is 2.11 bits per heavy atom. The molecule has 1 aromatic heterocycles. The van der Waals surface area contributed by atoms with Crippen molar-refractivity contribution in [3.8, 4) is 0 Å². The number of hydrogen-bond donors (Lipinski definition) is 2. The molecule has 19 heavy (non-hydrogen) atoms. The van der Waals surface area contributed by atoms with Crippen LogP contribution in [0.25, 0.3) is 0 Å². The van der Waals surface area contributed by atoms with E-state index < -0.39 is 10.0 Å². The van der Waals surface area contributed by atoms with Crippen LogP contribution in [0, 0.1) is 13.8 Å². The van der Waals surface area contributed by atoms with Crippen LogP contribution in [-0.4, -0.2) is 24.9 Å². The Morgan fingerprint density at radius 3 is 2.74 bits per heavy atom. The molecular formula is C13H17N3O2S. The van der Waals surface area contributed by atoms with Gasteiger partial charge in [0.2, 0.25) is 10.0 Å². The first-order valence-corrected chi connectivity index (χ1v) is 7.51. The average Bonchev–Trinajstić information content (AvgIpc) is 2.81. The Hall–Kier alpha value is -1.66. The smallest absolute Gasteiger partial charge is 0.240 e. The predicted octanol–water partition coefficient (Wildman–Crippen LogP) is 1.55. The second-order valence-corrected chi connectivity index (χ2v) is 6.23. The molecule has 0 saturated heterocycles. The highest BCUT2D eigenvalue weighted by atomic mass is 32.2. The summed E-state index contributed by atoms with van der Waals surface area (Å²) >= 11 is 0. The number of rotatable bonds is 5. The van der Waals surface area contributed by atoms with Gasteiger partial charge in [-0.2, -0.15) is 0 Å². The number of nitrogens with one attached hydrogen (secondary N) is 2. The molecule has 2 aromatic rings. The third-order valence-corrected chi connectivity index (χ3v) is 4.48. The molecule has 1 aromatic carbocycles. The third-order valence-electron chi connectivity index (χ3n) is 2.86. The van der Waals surface area contributed by atoms with E-state index >= 15 is 0 Å². The van der Waals surface area contributed by atoms with E-state index in [4.69, 9.17) is 0 Å². The highest BCUT2D eigenvalue weighted by Crippen LogP contribution is 2.16. The molecule has 0 saturated carbocycles. The van der Waals surface area contributed by atoms with Gasteiger partial charge in [0.25, 0.3) is 0 Å². The molecule has 0 bridgehead atoms. The van der Waals surface area contributed by atoms with Crippen LogP contribution in [0.15, 0.2) is 35.6 Å². The fourth-order valence-corrected chi connectivity index (χ4v) is 3.18. The molecule has 0 aliphatic heterocycles. The normalized spacial score (nSPS) is 11.7. The van der Waals surface area contributed by atoms with Crippen molar-refractivity contribution in [2.24, 2.45) is 0 Å². The van der Waals surface area contributed by atoms with Crippen molar-refractivity contribution < 1.29 is 8.42 Å². The van der Waals surface area contributed by atoms with E-state index in [9.17, 15) is 8.42 Å². The van der Waals surface area contributed by atoms with E-state index in [-0.39, 0.29) is 0 Å². The molecule has 0 fully saturated rings. The zero-order valence-corrected chi connectivity index (χ0v) is 11.8. The van der Waals surface area contributed by atoms with Crippen LogP contribution in [0.1, 0.15) is 16.8 Å². The molecule has 0 aliphatic carbocycles. The number of sulfonamides is 1. The van der Waals surface area contributed by atoms with E-state index in [0.29, 0.717) is 17.9 Å². The largest absolute Gasteiger partial charge is 0.348 e. The molecule has 0 atom stereocenters. The summed E-state index contributed by atoms with van der Waals surface area (Å²) in [5.74, 6) is 0. The maximum atomic E-state index is 12.2. The molecule has 2 N–H and O–H groups in total. The van der Waals surface area contributed by atoms with Crippen molar-refractivity contribution in [1.82, 2.24) is 14.7 Å². The lowest BCUT2D eigenvalue weighted by Gasteiger charge is -2.09. The van der Waals surface area contributed by atoms with E-state index in [0.717, 1.165) is 16.8 Å². The van der Waals surface area contributed by atoms with Gasteiger partial charge in [-0.05, 0) is 25.5 Å². The summed E-state index contributed by atoms with van der Waals surface area (Å²) < 4.78 is 26.9. The Bertz CT molecular complexity index is 649. The highest BCUT2D eigenvalue weighted by Gasteiger charge is 2.15. The Kier molecular flexibility index (Phi) is 4.01. The molecule has 102 valence electrons.